The Balaban J connectivity index is 1.78. The fourth-order valence-electron chi connectivity index (χ4n) is 5.55. The Morgan fingerprint density at radius 1 is 1.11 bits per heavy atom. The molecule has 0 radical (unpaired) electrons. The second-order valence-electron chi connectivity index (χ2n) is 10.7. The van der Waals surface area contributed by atoms with Gasteiger partial charge in [0.2, 0.25) is 23.0 Å². The first kappa shape index (κ1) is 35.6. The van der Waals surface area contributed by atoms with Gasteiger partial charge in [-0.15, -0.1) is 0 Å². The summed E-state index contributed by atoms with van der Waals surface area (Å²) in [6.45, 7) is 5.05. The first-order chi connectivity index (χ1) is 22.6. The van der Waals surface area contributed by atoms with Gasteiger partial charge in [-0.25, -0.2) is 9.78 Å². The Kier molecular flexibility index (Phi) is 12.1. The number of methoxy groups -OCH3 is 3. The van der Waals surface area contributed by atoms with Crippen LogP contribution in [-0.2, 0) is 20.7 Å². The van der Waals surface area contributed by atoms with Crippen molar-refractivity contribution in [2.24, 2.45) is 0 Å². The number of amides is 2. The van der Waals surface area contributed by atoms with Crippen LogP contribution in [0, 0.1) is 6.92 Å². The summed E-state index contributed by atoms with van der Waals surface area (Å²) in [5.41, 5.74) is 3.20. The number of nitrogens with one attached hydrogen (secondary N) is 3. The maximum Gasteiger partial charge on any atom is 0.350 e. The fraction of sp³-hybridized carbons (Fsp3) is 0.424. The number of fused-ring (bicyclic) bond motifs is 3. The van der Waals surface area contributed by atoms with Gasteiger partial charge in [-0.3, -0.25) is 14.4 Å². The molecule has 0 saturated heterocycles. The number of esters is 1. The minimum absolute atomic E-state index is 0.199. The third-order valence-electron chi connectivity index (χ3n) is 7.66. The maximum absolute atomic E-state index is 13.8. The molecule has 0 fully saturated rings. The second-order valence-corrected chi connectivity index (χ2v) is 12.7. The van der Waals surface area contributed by atoms with Crippen LogP contribution >= 0.6 is 23.1 Å². The predicted octanol–water partition coefficient (Wildman–Crippen LogP) is 4.98. The van der Waals surface area contributed by atoms with Gasteiger partial charge in [-0.2, -0.15) is 11.8 Å². The molecule has 12 nitrogen and oxygen atoms in total. The lowest BCUT2D eigenvalue weighted by atomic mass is 9.95. The van der Waals surface area contributed by atoms with Gasteiger partial charge in [0.25, 0.3) is 0 Å². The summed E-state index contributed by atoms with van der Waals surface area (Å²) in [5.74, 6) is 0.845. The highest BCUT2D eigenvalue weighted by Crippen LogP contribution is 2.50. The molecule has 2 aromatic carbocycles. The number of aryl methyl sites for hydroxylation is 2. The van der Waals surface area contributed by atoms with Crippen LogP contribution in [0.4, 0.5) is 10.8 Å². The van der Waals surface area contributed by atoms with Crippen molar-refractivity contribution in [1.82, 2.24) is 10.3 Å². The number of rotatable bonds is 13. The minimum Gasteiger partial charge on any atom is -0.493 e. The Labute approximate surface area is 281 Å². The third-order valence-corrected chi connectivity index (χ3v) is 9.36. The van der Waals surface area contributed by atoms with E-state index < -0.39 is 24.0 Å². The minimum atomic E-state index is -0.801. The van der Waals surface area contributed by atoms with Gasteiger partial charge >= 0.3 is 5.97 Å². The molecule has 1 aliphatic rings. The molecule has 1 aromatic heterocycles. The molecule has 0 unspecified atom stereocenters. The van der Waals surface area contributed by atoms with Crippen molar-refractivity contribution in [2.45, 2.75) is 52.1 Å². The molecule has 2 amide bonds. The number of hydrogen-bond donors (Lipinski definition) is 3. The van der Waals surface area contributed by atoms with Crippen LogP contribution in [0.3, 0.4) is 0 Å². The Bertz CT molecular complexity index is 1710. The summed E-state index contributed by atoms with van der Waals surface area (Å²) < 4.78 is 22.2. The molecule has 1 heterocycles. The summed E-state index contributed by atoms with van der Waals surface area (Å²) in [7, 11) is 4.61. The summed E-state index contributed by atoms with van der Waals surface area (Å²) in [5, 5.41) is 9.21. The number of ether oxygens (including phenoxy) is 4. The zero-order valence-corrected chi connectivity index (χ0v) is 29.2. The topological polar surface area (TPSA) is 154 Å². The average molecular weight is 685 g/mol. The van der Waals surface area contributed by atoms with E-state index in [0.29, 0.717) is 64.0 Å². The zero-order chi connectivity index (χ0) is 34.2. The van der Waals surface area contributed by atoms with E-state index in [9.17, 15) is 19.2 Å². The average Bonchev–Trinajstić information content (AvgIpc) is 3.25. The number of carbonyl (C=O) groups is 3. The van der Waals surface area contributed by atoms with Gasteiger partial charge in [0.05, 0.1) is 45.4 Å². The quantitative estimate of drug-likeness (QED) is 0.209. The number of hydrogen-bond acceptors (Lipinski definition) is 12. The van der Waals surface area contributed by atoms with E-state index in [4.69, 9.17) is 18.9 Å². The number of benzene rings is 1. The fourth-order valence-corrected chi connectivity index (χ4v) is 6.88. The number of thiazole rings is 1. The van der Waals surface area contributed by atoms with E-state index in [0.717, 1.165) is 22.5 Å². The highest BCUT2D eigenvalue weighted by Gasteiger charge is 2.30. The first-order valence-corrected chi connectivity index (χ1v) is 17.3. The van der Waals surface area contributed by atoms with Crippen molar-refractivity contribution in [2.75, 3.05) is 50.6 Å². The van der Waals surface area contributed by atoms with Gasteiger partial charge in [0, 0.05) is 12.5 Å². The lowest BCUT2D eigenvalue weighted by Gasteiger charge is -2.19. The van der Waals surface area contributed by atoms with E-state index in [-0.39, 0.29) is 28.8 Å². The lowest BCUT2D eigenvalue weighted by Crippen LogP contribution is -2.36. The number of nitrogens with zero attached hydrogens (tertiary/aromatic N) is 1. The molecule has 3 N–H and O–H groups in total. The van der Waals surface area contributed by atoms with E-state index in [2.05, 4.69) is 20.9 Å². The van der Waals surface area contributed by atoms with Crippen molar-refractivity contribution >= 4 is 51.7 Å². The van der Waals surface area contributed by atoms with Gasteiger partial charge in [-0.1, -0.05) is 17.4 Å². The molecular weight excluding hydrogens is 645 g/mol. The van der Waals surface area contributed by atoms with Crippen molar-refractivity contribution in [3.63, 3.8) is 0 Å². The van der Waals surface area contributed by atoms with Crippen LogP contribution < -0.4 is 35.6 Å². The number of carbonyl (C=O) groups excluding carboxylic acids is 3. The van der Waals surface area contributed by atoms with Gasteiger partial charge < -0.3 is 34.9 Å². The largest absolute Gasteiger partial charge is 0.493 e. The van der Waals surface area contributed by atoms with Gasteiger partial charge in [0.15, 0.2) is 16.6 Å². The highest BCUT2D eigenvalue weighted by molar-refractivity contribution is 7.98. The van der Waals surface area contributed by atoms with Crippen LogP contribution in [0.1, 0.15) is 59.2 Å². The van der Waals surface area contributed by atoms with Crippen LogP contribution in [0.15, 0.2) is 29.1 Å². The van der Waals surface area contributed by atoms with E-state index in [1.807, 2.05) is 12.3 Å². The molecule has 4 rings (SSSR count). The highest BCUT2D eigenvalue weighted by atomic mass is 32.2. The zero-order valence-electron chi connectivity index (χ0n) is 27.5. The van der Waals surface area contributed by atoms with E-state index >= 15 is 0 Å². The molecule has 47 heavy (non-hydrogen) atoms. The van der Waals surface area contributed by atoms with Crippen LogP contribution in [-0.4, -0.2) is 68.8 Å². The molecule has 2 atom stereocenters. The van der Waals surface area contributed by atoms with E-state index in [1.165, 1.54) is 27.2 Å². The lowest BCUT2D eigenvalue weighted by molar-refractivity contribution is -0.120. The van der Waals surface area contributed by atoms with Crippen molar-refractivity contribution in [3.8, 4) is 28.4 Å². The molecule has 14 heteroatoms. The SMILES string of the molecule is CCOC(=O)c1sc(NC(=O)[C@H](CCSC)Nc2ccc3c(cc2=O)[C@@H](NC(C)=O)CCc2cc(OC)c(OC)c(OC)c2-3)nc1C. The standard InChI is InChI=1S/C33H40N4O8S2/c1-8-45-32(41)30-17(2)34-33(47-30)37-31(40)24(13-14-46-7)36-23-12-10-20-21(16-25(23)39)22(35-18(3)38)11-9-19-15-26(42-4)28(43-5)29(44-6)27(19)20/h10,12,15-16,22,24H,8-9,11,13-14H2,1-7H3,(H,35,38)(H,36,39)(H,34,37,40)/t22-,24-/m0/s1. The molecule has 1 aliphatic carbocycles. The summed E-state index contributed by atoms with van der Waals surface area (Å²) in [4.78, 5) is 56.6. The predicted molar refractivity (Wildman–Crippen MR) is 185 cm³/mol. The number of anilines is 2. The van der Waals surface area contributed by atoms with Crippen LogP contribution in [0.25, 0.3) is 11.1 Å². The first-order valence-electron chi connectivity index (χ1n) is 15.0. The molecular formula is C33H40N4O8S2. The molecule has 3 aromatic rings. The number of thioether (sulfide) groups is 1. The van der Waals surface area contributed by atoms with Gasteiger partial charge in [0.1, 0.15) is 10.9 Å². The number of aromatic nitrogens is 1. The summed E-state index contributed by atoms with van der Waals surface area (Å²) in [6.07, 6.45) is 3.42. The molecule has 0 aliphatic heterocycles. The third kappa shape index (κ3) is 7.99. The monoisotopic (exact) mass is 684 g/mol. The smallest absolute Gasteiger partial charge is 0.350 e. The Hall–Kier alpha value is -4.30. The Morgan fingerprint density at radius 2 is 1.85 bits per heavy atom. The normalized spacial score (nSPS) is 14.1. The van der Waals surface area contributed by atoms with Crippen LogP contribution in [0.2, 0.25) is 0 Å². The summed E-state index contributed by atoms with van der Waals surface area (Å²) >= 11 is 2.60. The molecule has 0 bridgehead atoms. The van der Waals surface area contributed by atoms with Crippen molar-refractivity contribution in [1.29, 1.82) is 0 Å². The molecule has 252 valence electrons. The van der Waals surface area contributed by atoms with Crippen molar-refractivity contribution < 1.29 is 33.3 Å². The maximum atomic E-state index is 13.8. The van der Waals surface area contributed by atoms with E-state index in [1.54, 1.807) is 44.9 Å². The van der Waals surface area contributed by atoms with Gasteiger partial charge in [-0.05, 0) is 80.0 Å². The van der Waals surface area contributed by atoms with Crippen molar-refractivity contribution in [3.05, 3.63) is 56.2 Å². The molecule has 0 saturated carbocycles. The second kappa shape index (κ2) is 16.0. The van der Waals surface area contributed by atoms with Crippen LogP contribution in [0.5, 0.6) is 17.2 Å². The Morgan fingerprint density at radius 3 is 2.49 bits per heavy atom. The summed E-state index contributed by atoms with van der Waals surface area (Å²) in [6, 6.07) is 5.56. The molecule has 0 spiro atoms.